The Morgan fingerprint density at radius 2 is 0.570 bits per heavy atom. The maximum Gasteiger partial charge on any atom is 0.143 e. The van der Waals surface area contributed by atoms with Crippen LogP contribution in [0.25, 0.3) is 186 Å². The molecular formula is C84H50O2. The fourth-order valence-electron chi connectivity index (χ4n) is 14.4. The monoisotopic (exact) mass is 1090 g/mol. The van der Waals surface area contributed by atoms with E-state index in [9.17, 15) is 0 Å². The summed E-state index contributed by atoms with van der Waals surface area (Å²) in [4.78, 5) is 0. The van der Waals surface area contributed by atoms with E-state index < -0.39 is 0 Å². The second-order valence-electron chi connectivity index (χ2n) is 22.9. The van der Waals surface area contributed by atoms with Gasteiger partial charge in [0.1, 0.15) is 22.3 Å². The Bertz CT molecular complexity index is 5710. The van der Waals surface area contributed by atoms with Crippen molar-refractivity contribution in [3.63, 3.8) is 0 Å². The van der Waals surface area contributed by atoms with Crippen LogP contribution in [-0.4, -0.2) is 0 Å². The molecular weight excluding hydrogens is 1040 g/mol. The van der Waals surface area contributed by atoms with Crippen LogP contribution in [0.15, 0.2) is 312 Å². The standard InChI is InChI=1S/C84H50O2/c1-3-20-51(21-4-1)54-25-18-28-59(48-54)78-65-32-11-13-34-67(65)79(68-35-14-12-33-66(68)78)71-38-19-39-75-81(71)72-45-42-58-47-57(41-43-62(58)84(72)85-75)55-26-17-27-56(46-55)60-49-74(82-73-44-40-52-22-7-8-29-61(52)83(73)86-76(82)50-60)80-69-36-15-9-30-63(69)77(53-23-5-2-6-24-53)64-31-10-16-37-70(64)80/h1-50H. The van der Waals surface area contributed by atoms with Crippen LogP contribution in [-0.2, 0) is 0 Å². The Morgan fingerprint density at radius 3 is 1.19 bits per heavy atom. The number of rotatable bonds is 7. The van der Waals surface area contributed by atoms with Gasteiger partial charge in [-0.25, -0.2) is 0 Å². The van der Waals surface area contributed by atoms with Crippen molar-refractivity contribution < 1.29 is 8.83 Å². The lowest BCUT2D eigenvalue weighted by molar-refractivity contribution is 0.672. The van der Waals surface area contributed by atoms with Crippen LogP contribution < -0.4 is 0 Å². The molecule has 0 aliphatic rings. The minimum absolute atomic E-state index is 0.862. The highest BCUT2D eigenvalue weighted by Gasteiger charge is 2.25. The van der Waals surface area contributed by atoms with Crippen molar-refractivity contribution in [2.24, 2.45) is 0 Å². The van der Waals surface area contributed by atoms with Gasteiger partial charge in [-0.1, -0.05) is 249 Å². The van der Waals surface area contributed by atoms with Gasteiger partial charge in [-0.3, -0.25) is 0 Å². The first-order chi connectivity index (χ1) is 42.7. The van der Waals surface area contributed by atoms with Crippen molar-refractivity contribution >= 4 is 109 Å². The third-order valence-corrected chi connectivity index (χ3v) is 18.2. The van der Waals surface area contributed by atoms with E-state index in [-0.39, 0.29) is 0 Å². The summed E-state index contributed by atoms with van der Waals surface area (Å²) in [7, 11) is 0. The highest BCUT2D eigenvalue weighted by molar-refractivity contribution is 6.29. The Balaban J connectivity index is 0.784. The fraction of sp³-hybridized carbons (Fsp3) is 0. The molecule has 2 heterocycles. The van der Waals surface area contributed by atoms with Crippen LogP contribution in [0.3, 0.4) is 0 Å². The van der Waals surface area contributed by atoms with Gasteiger partial charge in [0.2, 0.25) is 0 Å². The van der Waals surface area contributed by atoms with Crippen molar-refractivity contribution in [2.75, 3.05) is 0 Å². The van der Waals surface area contributed by atoms with Crippen molar-refractivity contribution in [2.45, 2.75) is 0 Å². The Kier molecular flexibility index (Phi) is 10.7. The molecule has 0 unspecified atom stereocenters. The van der Waals surface area contributed by atoms with Crippen molar-refractivity contribution in [1.29, 1.82) is 0 Å². The first-order valence-electron chi connectivity index (χ1n) is 29.6. The SMILES string of the molecule is c1ccc(-c2cccc(-c3c4ccccc4c(-c4cccc5oc6c7ccc(-c8cccc(-c9cc(-c%10c%11ccccc%11c(-c%11ccccc%11)c%11ccccc%10%11)c%10c(c9)oc9c%11ccccc%11ccc9%10)c8)cc7ccc6c45)c4ccccc34)c2)cc1. The number of hydrogen-bond acceptors (Lipinski definition) is 2. The van der Waals surface area contributed by atoms with E-state index >= 15 is 0 Å². The van der Waals surface area contributed by atoms with Crippen molar-refractivity contribution in [1.82, 2.24) is 0 Å². The van der Waals surface area contributed by atoms with Crippen LogP contribution in [0, 0.1) is 0 Å². The van der Waals surface area contributed by atoms with Crippen molar-refractivity contribution in [3.05, 3.63) is 303 Å². The minimum Gasteiger partial charge on any atom is -0.455 e. The van der Waals surface area contributed by atoms with Crippen LogP contribution >= 0.6 is 0 Å². The van der Waals surface area contributed by atoms with Gasteiger partial charge in [-0.15, -0.1) is 0 Å². The molecule has 0 aliphatic heterocycles. The van der Waals surface area contributed by atoms with Gasteiger partial charge in [0.05, 0.1) is 0 Å². The van der Waals surface area contributed by atoms with Crippen LogP contribution in [0.5, 0.6) is 0 Å². The second kappa shape index (κ2) is 19.1. The number of benzene rings is 16. The maximum atomic E-state index is 7.13. The van der Waals surface area contributed by atoms with E-state index in [2.05, 4.69) is 303 Å². The summed E-state index contributed by atoms with van der Waals surface area (Å²) < 4.78 is 14.2. The molecule has 2 aromatic heterocycles. The predicted octanol–water partition coefficient (Wildman–Crippen LogP) is 24.1. The Morgan fingerprint density at radius 1 is 0.174 bits per heavy atom. The quantitative estimate of drug-likeness (QED) is 0.149. The molecule has 0 radical (unpaired) electrons. The minimum atomic E-state index is 0.862. The molecule has 18 rings (SSSR count). The summed E-state index contributed by atoms with van der Waals surface area (Å²) in [6, 6.07) is 111. The topological polar surface area (TPSA) is 26.3 Å². The molecule has 86 heavy (non-hydrogen) atoms. The molecule has 2 heteroatoms. The van der Waals surface area contributed by atoms with Gasteiger partial charge in [0.25, 0.3) is 0 Å². The number of hydrogen-bond donors (Lipinski definition) is 0. The molecule has 0 N–H and O–H groups in total. The normalized spacial score (nSPS) is 12.0. The van der Waals surface area contributed by atoms with E-state index in [1.54, 1.807) is 0 Å². The third kappa shape index (κ3) is 7.40. The lowest BCUT2D eigenvalue weighted by atomic mass is 9.84. The van der Waals surface area contributed by atoms with Gasteiger partial charge in [0.15, 0.2) is 0 Å². The van der Waals surface area contributed by atoms with Crippen molar-refractivity contribution in [3.8, 4) is 77.9 Å². The van der Waals surface area contributed by atoms with Crippen LogP contribution in [0.4, 0.5) is 0 Å². The third-order valence-electron chi connectivity index (χ3n) is 18.2. The van der Waals surface area contributed by atoms with E-state index in [1.165, 1.54) is 87.6 Å². The van der Waals surface area contributed by atoms with E-state index in [0.717, 1.165) is 98.8 Å². The summed E-state index contributed by atoms with van der Waals surface area (Å²) in [6.07, 6.45) is 0. The van der Waals surface area contributed by atoms with Gasteiger partial charge in [0, 0.05) is 32.3 Å². The molecule has 0 amide bonds. The van der Waals surface area contributed by atoms with E-state index in [1.807, 2.05) is 0 Å². The smallest absolute Gasteiger partial charge is 0.143 e. The first-order valence-corrected chi connectivity index (χ1v) is 29.6. The molecule has 0 fully saturated rings. The van der Waals surface area contributed by atoms with E-state index in [0.29, 0.717) is 0 Å². The molecule has 18 aromatic rings. The zero-order chi connectivity index (χ0) is 56.4. The van der Waals surface area contributed by atoms with Crippen LogP contribution in [0.1, 0.15) is 0 Å². The molecule has 0 saturated carbocycles. The fourth-order valence-corrected chi connectivity index (χ4v) is 14.4. The molecule has 0 saturated heterocycles. The molecule has 0 bridgehead atoms. The summed E-state index contributed by atoms with van der Waals surface area (Å²) in [6.45, 7) is 0. The molecule has 2 nitrogen and oxygen atoms in total. The van der Waals surface area contributed by atoms with Gasteiger partial charge in [-0.2, -0.15) is 0 Å². The highest BCUT2D eigenvalue weighted by Crippen LogP contribution is 2.51. The second-order valence-corrected chi connectivity index (χ2v) is 22.9. The largest absolute Gasteiger partial charge is 0.455 e. The van der Waals surface area contributed by atoms with Crippen LogP contribution in [0.2, 0.25) is 0 Å². The molecule has 398 valence electrons. The number of furan rings is 2. The van der Waals surface area contributed by atoms with E-state index in [4.69, 9.17) is 8.83 Å². The van der Waals surface area contributed by atoms with Gasteiger partial charge >= 0.3 is 0 Å². The lowest BCUT2D eigenvalue weighted by Crippen LogP contribution is -1.92. The Hall–Kier alpha value is -11.3. The number of fused-ring (bicyclic) bond motifs is 14. The molecule has 0 aliphatic carbocycles. The molecule has 0 spiro atoms. The summed E-state index contributed by atoms with van der Waals surface area (Å²) in [5.74, 6) is 0. The summed E-state index contributed by atoms with van der Waals surface area (Å²) in [5.41, 5.74) is 20.0. The zero-order valence-corrected chi connectivity index (χ0v) is 46.7. The average Bonchev–Trinajstić information content (AvgIpc) is 1.48. The Labute approximate surface area is 495 Å². The average molecular weight is 1090 g/mol. The highest BCUT2D eigenvalue weighted by atomic mass is 16.3. The lowest BCUT2D eigenvalue weighted by Gasteiger charge is -2.19. The first kappa shape index (κ1) is 48.2. The summed E-state index contributed by atoms with van der Waals surface area (Å²) in [5, 5.41) is 18.6. The maximum absolute atomic E-state index is 7.13. The van der Waals surface area contributed by atoms with Gasteiger partial charge < -0.3 is 8.83 Å². The van der Waals surface area contributed by atoms with Gasteiger partial charge in [-0.05, 0) is 186 Å². The predicted molar refractivity (Wildman–Crippen MR) is 364 cm³/mol. The molecule has 16 aromatic carbocycles. The summed E-state index contributed by atoms with van der Waals surface area (Å²) >= 11 is 0. The molecule has 0 atom stereocenters. The zero-order valence-electron chi connectivity index (χ0n) is 46.7.